The van der Waals surface area contributed by atoms with E-state index < -0.39 is 0 Å². The normalized spacial score (nSPS) is 18.6. The third-order valence-electron chi connectivity index (χ3n) is 3.30. The third-order valence-corrected chi connectivity index (χ3v) is 3.30. The van der Waals surface area contributed by atoms with Gasteiger partial charge in [-0.1, -0.05) is 6.92 Å². The van der Waals surface area contributed by atoms with Crippen molar-refractivity contribution in [3.8, 4) is 0 Å². The molecule has 0 saturated carbocycles. The molecule has 1 aliphatic rings. The molecule has 0 spiro atoms. The van der Waals surface area contributed by atoms with Crippen molar-refractivity contribution in [2.75, 3.05) is 25.0 Å². The van der Waals surface area contributed by atoms with E-state index >= 15 is 0 Å². The van der Waals surface area contributed by atoms with E-state index in [0.29, 0.717) is 6.04 Å². The Kier molecular flexibility index (Phi) is 3.78. The summed E-state index contributed by atoms with van der Waals surface area (Å²) in [5.41, 5.74) is 1.27. The van der Waals surface area contributed by atoms with Gasteiger partial charge in [0.1, 0.15) is 5.82 Å². The van der Waals surface area contributed by atoms with Crippen molar-refractivity contribution in [1.82, 2.24) is 9.88 Å². The third kappa shape index (κ3) is 2.95. The van der Waals surface area contributed by atoms with Gasteiger partial charge in [-0.25, -0.2) is 4.98 Å². The largest absolute Gasteiger partial charge is 0.367 e. The maximum atomic E-state index is 4.35. The van der Waals surface area contributed by atoms with Gasteiger partial charge in [0.05, 0.1) is 0 Å². The SMILES string of the molecule is CCN1CCC(Nc2cc(C)ccn2)CC1. The van der Waals surface area contributed by atoms with Crippen molar-refractivity contribution in [3.63, 3.8) is 0 Å². The zero-order valence-electron chi connectivity index (χ0n) is 10.2. The summed E-state index contributed by atoms with van der Waals surface area (Å²) < 4.78 is 0. The summed E-state index contributed by atoms with van der Waals surface area (Å²) in [6.45, 7) is 7.93. The lowest BCUT2D eigenvalue weighted by Crippen LogP contribution is -2.38. The molecule has 3 heteroatoms. The summed E-state index contributed by atoms with van der Waals surface area (Å²) in [5.74, 6) is 1.02. The molecule has 1 fully saturated rings. The fraction of sp³-hybridized carbons (Fsp3) is 0.615. The lowest BCUT2D eigenvalue weighted by molar-refractivity contribution is 0.229. The van der Waals surface area contributed by atoms with Crippen molar-refractivity contribution in [1.29, 1.82) is 0 Å². The Hall–Kier alpha value is -1.09. The van der Waals surface area contributed by atoms with Gasteiger partial charge in [-0.3, -0.25) is 0 Å². The number of aromatic nitrogens is 1. The Labute approximate surface area is 97.9 Å². The molecular formula is C13H21N3. The zero-order chi connectivity index (χ0) is 11.4. The minimum Gasteiger partial charge on any atom is -0.367 e. The Morgan fingerprint density at radius 3 is 2.81 bits per heavy atom. The number of nitrogens with zero attached hydrogens (tertiary/aromatic N) is 2. The molecule has 1 aromatic heterocycles. The van der Waals surface area contributed by atoms with E-state index in [1.165, 1.54) is 38.0 Å². The van der Waals surface area contributed by atoms with Crippen LogP contribution in [-0.2, 0) is 0 Å². The van der Waals surface area contributed by atoms with E-state index in [1.807, 2.05) is 12.3 Å². The number of anilines is 1. The van der Waals surface area contributed by atoms with Gasteiger partial charge in [0.15, 0.2) is 0 Å². The number of hydrogen-bond donors (Lipinski definition) is 1. The second kappa shape index (κ2) is 5.30. The summed E-state index contributed by atoms with van der Waals surface area (Å²) in [4.78, 5) is 6.85. The number of hydrogen-bond acceptors (Lipinski definition) is 3. The van der Waals surface area contributed by atoms with Crippen molar-refractivity contribution in [3.05, 3.63) is 23.9 Å². The Morgan fingerprint density at radius 2 is 2.19 bits per heavy atom. The minimum absolute atomic E-state index is 0.595. The molecule has 1 aliphatic heterocycles. The lowest BCUT2D eigenvalue weighted by atomic mass is 10.1. The number of aryl methyl sites for hydroxylation is 1. The van der Waals surface area contributed by atoms with E-state index in [2.05, 4.69) is 35.1 Å². The number of nitrogens with one attached hydrogen (secondary N) is 1. The molecule has 0 amide bonds. The number of piperidine rings is 1. The maximum Gasteiger partial charge on any atom is 0.126 e. The Balaban J connectivity index is 1.87. The summed E-state index contributed by atoms with van der Waals surface area (Å²) in [7, 11) is 0. The van der Waals surface area contributed by atoms with Crippen LogP contribution in [0.4, 0.5) is 5.82 Å². The van der Waals surface area contributed by atoms with E-state index in [0.717, 1.165) is 5.82 Å². The molecular weight excluding hydrogens is 198 g/mol. The van der Waals surface area contributed by atoms with Crippen molar-refractivity contribution in [2.45, 2.75) is 32.7 Å². The van der Waals surface area contributed by atoms with Gasteiger partial charge in [0.2, 0.25) is 0 Å². The number of likely N-dealkylation sites (tertiary alicyclic amines) is 1. The van der Waals surface area contributed by atoms with Crippen LogP contribution in [0, 0.1) is 6.92 Å². The van der Waals surface area contributed by atoms with E-state index in [-0.39, 0.29) is 0 Å². The number of pyridine rings is 1. The molecule has 0 aliphatic carbocycles. The van der Waals surface area contributed by atoms with Crippen molar-refractivity contribution < 1.29 is 0 Å². The van der Waals surface area contributed by atoms with Crippen LogP contribution < -0.4 is 5.32 Å². The quantitative estimate of drug-likeness (QED) is 0.845. The fourth-order valence-corrected chi connectivity index (χ4v) is 2.22. The molecule has 1 aromatic rings. The standard InChI is InChI=1S/C13H21N3/c1-3-16-8-5-12(6-9-16)15-13-10-11(2)4-7-14-13/h4,7,10,12H,3,5-6,8-9H2,1-2H3,(H,14,15). The highest BCUT2D eigenvalue weighted by Gasteiger charge is 2.17. The second-order valence-electron chi connectivity index (χ2n) is 4.57. The molecule has 1 N–H and O–H groups in total. The molecule has 0 bridgehead atoms. The fourth-order valence-electron chi connectivity index (χ4n) is 2.22. The molecule has 0 unspecified atom stereocenters. The van der Waals surface area contributed by atoms with Crippen molar-refractivity contribution in [2.24, 2.45) is 0 Å². The van der Waals surface area contributed by atoms with Gasteiger partial charge in [-0.15, -0.1) is 0 Å². The first-order chi connectivity index (χ1) is 7.78. The average Bonchev–Trinajstić information content (AvgIpc) is 2.30. The lowest BCUT2D eigenvalue weighted by Gasteiger charge is -2.31. The summed E-state index contributed by atoms with van der Waals surface area (Å²) in [6, 6.07) is 4.74. The Morgan fingerprint density at radius 1 is 1.44 bits per heavy atom. The maximum absolute atomic E-state index is 4.35. The van der Waals surface area contributed by atoms with Gasteiger partial charge >= 0.3 is 0 Å². The first-order valence-electron chi connectivity index (χ1n) is 6.19. The van der Waals surface area contributed by atoms with Gasteiger partial charge in [0, 0.05) is 25.3 Å². The van der Waals surface area contributed by atoms with Crippen LogP contribution in [0.15, 0.2) is 18.3 Å². The van der Waals surface area contributed by atoms with Crippen LogP contribution in [-0.4, -0.2) is 35.6 Å². The monoisotopic (exact) mass is 219 g/mol. The molecule has 0 atom stereocenters. The van der Waals surface area contributed by atoms with Gasteiger partial charge in [0.25, 0.3) is 0 Å². The van der Waals surface area contributed by atoms with Crippen LogP contribution in [0.2, 0.25) is 0 Å². The minimum atomic E-state index is 0.595. The van der Waals surface area contributed by atoms with Crippen LogP contribution in [0.3, 0.4) is 0 Å². The first kappa shape index (κ1) is 11.4. The van der Waals surface area contributed by atoms with E-state index in [1.54, 1.807) is 0 Å². The molecule has 16 heavy (non-hydrogen) atoms. The summed E-state index contributed by atoms with van der Waals surface area (Å²) in [5, 5.41) is 3.53. The molecule has 3 nitrogen and oxygen atoms in total. The van der Waals surface area contributed by atoms with Crippen molar-refractivity contribution >= 4 is 5.82 Å². The molecule has 0 aromatic carbocycles. The van der Waals surface area contributed by atoms with Gasteiger partial charge in [-0.2, -0.15) is 0 Å². The van der Waals surface area contributed by atoms with Gasteiger partial charge < -0.3 is 10.2 Å². The number of rotatable bonds is 3. The van der Waals surface area contributed by atoms with Crippen LogP contribution in [0.5, 0.6) is 0 Å². The predicted octanol–water partition coefficient (Wildman–Crippen LogP) is 2.29. The zero-order valence-corrected chi connectivity index (χ0v) is 10.2. The van der Waals surface area contributed by atoms with Crippen LogP contribution >= 0.6 is 0 Å². The molecule has 1 saturated heterocycles. The van der Waals surface area contributed by atoms with E-state index in [4.69, 9.17) is 0 Å². The summed E-state index contributed by atoms with van der Waals surface area (Å²) in [6.07, 6.45) is 4.33. The topological polar surface area (TPSA) is 28.2 Å². The first-order valence-corrected chi connectivity index (χ1v) is 6.19. The molecule has 2 heterocycles. The highest BCUT2D eigenvalue weighted by molar-refractivity contribution is 5.38. The van der Waals surface area contributed by atoms with Crippen LogP contribution in [0.25, 0.3) is 0 Å². The average molecular weight is 219 g/mol. The molecule has 88 valence electrons. The highest BCUT2D eigenvalue weighted by atomic mass is 15.1. The highest BCUT2D eigenvalue weighted by Crippen LogP contribution is 2.15. The van der Waals surface area contributed by atoms with Crippen LogP contribution in [0.1, 0.15) is 25.3 Å². The molecule has 0 radical (unpaired) electrons. The predicted molar refractivity (Wildman–Crippen MR) is 67.7 cm³/mol. The second-order valence-corrected chi connectivity index (χ2v) is 4.57. The molecule has 2 rings (SSSR count). The van der Waals surface area contributed by atoms with Gasteiger partial charge in [-0.05, 0) is 44.0 Å². The smallest absolute Gasteiger partial charge is 0.126 e. The van der Waals surface area contributed by atoms with E-state index in [9.17, 15) is 0 Å². The summed E-state index contributed by atoms with van der Waals surface area (Å²) >= 11 is 0. The Bertz CT molecular complexity index is 330.